The lowest BCUT2D eigenvalue weighted by molar-refractivity contribution is -0.143. The van der Waals surface area contributed by atoms with Crippen LogP contribution >= 0.6 is 0 Å². The molecule has 0 saturated heterocycles. The number of alkyl halides is 6. The van der Waals surface area contributed by atoms with Gasteiger partial charge >= 0.3 is 12.4 Å². The van der Waals surface area contributed by atoms with Crippen molar-refractivity contribution in [3.05, 3.63) is 112 Å². The highest BCUT2D eigenvalue weighted by atomic mass is 19.4. The standard InChI is InChI=1S/C32H30F6N4O2/c1-20-10-8-9-13-25(20)42-27(17-26(40-42)30(2,3)4)39-28(43)19-41(18-21-11-6-5-7-12-21)29(44)22-14-23(31(33,34)35)16-24(15-22)32(36,37)38/h5-17H,18-19H2,1-4H3,(H,39,43). The van der Waals surface area contributed by atoms with Gasteiger partial charge in [-0.1, -0.05) is 69.3 Å². The minimum Gasteiger partial charge on any atom is -0.325 e. The molecule has 1 heterocycles. The molecule has 0 fully saturated rings. The number of amides is 2. The van der Waals surface area contributed by atoms with Crippen LogP contribution in [-0.4, -0.2) is 33.0 Å². The van der Waals surface area contributed by atoms with Crippen molar-refractivity contribution in [2.45, 2.75) is 52.0 Å². The summed E-state index contributed by atoms with van der Waals surface area (Å²) in [7, 11) is 0. The van der Waals surface area contributed by atoms with E-state index in [1.54, 1.807) is 47.1 Å². The number of benzene rings is 3. The van der Waals surface area contributed by atoms with Crippen LogP contribution in [0.1, 0.15) is 59.1 Å². The topological polar surface area (TPSA) is 67.2 Å². The molecule has 0 aliphatic carbocycles. The summed E-state index contributed by atoms with van der Waals surface area (Å²) in [4.78, 5) is 27.9. The number of aromatic nitrogens is 2. The summed E-state index contributed by atoms with van der Waals surface area (Å²) in [6.07, 6.45) is -10.3. The van der Waals surface area contributed by atoms with Gasteiger partial charge in [-0.3, -0.25) is 9.59 Å². The molecule has 0 saturated carbocycles. The Labute approximate surface area is 250 Å². The van der Waals surface area contributed by atoms with Crippen molar-refractivity contribution in [1.82, 2.24) is 14.7 Å². The van der Waals surface area contributed by atoms with Crippen LogP contribution in [0.5, 0.6) is 0 Å². The van der Waals surface area contributed by atoms with Gasteiger partial charge in [0.15, 0.2) is 0 Å². The molecule has 44 heavy (non-hydrogen) atoms. The van der Waals surface area contributed by atoms with Gasteiger partial charge < -0.3 is 10.2 Å². The van der Waals surface area contributed by atoms with Gasteiger partial charge in [-0.25, -0.2) is 4.68 Å². The van der Waals surface area contributed by atoms with E-state index in [-0.39, 0.29) is 18.4 Å². The maximum absolute atomic E-state index is 13.6. The normalized spacial score (nSPS) is 12.2. The molecule has 0 bridgehead atoms. The van der Waals surface area contributed by atoms with E-state index in [1.807, 2.05) is 45.9 Å². The largest absolute Gasteiger partial charge is 0.416 e. The van der Waals surface area contributed by atoms with Crippen molar-refractivity contribution in [3.8, 4) is 5.69 Å². The zero-order valence-corrected chi connectivity index (χ0v) is 24.3. The van der Waals surface area contributed by atoms with Gasteiger partial charge in [0.2, 0.25) is 5.91 Å². The van der Waals surface area contributed by atoms with E-state index in [2.05, 4.69) is 10.4 Å². The summed E-state index contributed by atoms with van der Waals surface area (Å²) >= 11 is 0. The van der Waals surface area contributed by atoms with Gasteiger partial charge in [0.25, 0.3) is 5.91 Å². The van der Waals surface area contributed by atoms with E-state index in [1.165, 1.54) is 0 Å². The Morgan fingerprint density at radius 1 is 0.818 bits per heavy atom. The highest BCUT2D eigenvalue weighted by Gasteiger charge is 2.38. The van der Waals surface area contributed by atoms with E-state index in [0.717, 1.165) is 10.5 Å². The smallest absolute Gasteiger partial charge is 0.325 e. The van der Waals surface area contributed by atoms with Crippen molar-refractivity contribution in [3.63, 3.8) is 0 Å². The highest BCUT2D eigenvalue weighted by molar-refractivity contribution is 5.99. The molecule has 12 heteroatoms. The third-order valence-electron chi connectivity index (χ3n) is 6.76. The first kappa shape index (κ1) is 32.3. The fourth-order valence-electron chi connectivity index (χ4n) is 4.44. The predicted octanol–water partition coefficient (Wildman–Crippen LogP) is 7.80. The molecule has 232 valence electrons. The number of hydrogen-bond acceptors (Lipinski definition) is 3. The van der Waals surface area contributed by atoms with Gasteiger partial charge in [0.1, 0.15) is 12.4 Å². The summed E-state index contributed by atoms with van der Waals surface area (Å²) < 4.78 is 82.7. The number of carbonyl (C=O) groups is 2. The summed E-state index contributed by atoms with van der Waals surface area (Å²) in [5, 5.41) is 7.40. The van der Waals surface area contributed by atoms with Crippen molar-refractivity contribution < 1.29 is 35.9 Å². The second-order valence-electron chi connectivity index (χ2n) is 11.4. The van der Waals surface area contributed by atoms with Gasteiger partial charge in [-0.05, 0) is 42.3 Å². The van der Waals surface area contributed by atoms with Crippen LogP contribution in [0.4, 0.5) is 32.2 Å². The Morgan fingerprint density at radius 2 is 1.39 bits per heavy atom. The van der Waals surface area contributed by atoms with E-state index in [4.69, 9.17) is 0 Å². The molecule has 0 aliphatic heterocycles. The van der Waals surface area contributed by atoms with E-state index < -0.39 is 52.8 Å². The molecule has 0 unspecified atom stereocenters. The predicted molar refractivity (Wildman–Crippen MR) is 153 cm³/mol. The number of para-hydroxylation sites is 1. The molecule has 0 radical (unpaired) electrons. The number of carbonyl (C=O) groups excluding carboxylic acids is 2. The molecular formula is C32H30F6N4O2. The average molecular weight is 617 g/mol. The molecule has 0 spiro atoms. The second-order valence-corrected chi connectivity index (χ2v) is 11.4. The minimum atomic E-state index is -5.14. The maximum Gasteiger partial charge on any atom is 0.416 e. The zero-order valence-electron chi connectivity index (χ0n) is 24.3. The van der Waals surface area contributed by atoms with Crippen LogP contribution in [0, 0.1) is 6.92 Å². The van der Waals surface area contributed by atoms with Gasteiger partial charge in [0, 0.05) is 23.6 Å². The summed E-state index contributed by atoms with van der Waals surface area (Å²) in [6, 6.07) is 17.9. The monoisotopic (exact) mass is 616 g/mol. The number of nitrogens with zero attached hydrogens (tertiary/aromatic N) is 3. The van der Waals surface area contributed by atoms with Crippen molar-refractivity contribution in [1.29, 1.82) is 0 Å². The average Bonchev–Trinajstić information content (AvgIpc) is 3.36. The SMILES string of the molecule is Cc1ccccc1-n1nc(C(C)(C)C)cc1NC(=O)CN(Cc1ccccc1)C(=O)c1cc(C(F)(F)F)cc(C(F)(F)F)c1. The molecule has 2 amide bonds. The molecule has 0 aliphatic rings. The highest BCUT2D eigenvalue weighted by Crippen LogP contribution is 2.37. The number of aryl methyl sites for hydroxylation is 1. The Morgan fingerprint density at radius 3 is 1.93 bits per heavy atom. The molecule has 0 atom stereocenters. The van der Waals surface area contributed by atoms with Crippen LogP contribution < -0.4 is 5.32 Å². The van der Waals surface area contributed by atoms with E-state index in [0.29, 0.717) is 29.1 Å². The molecule has 1 N–H and O–H groups in total. The molecule has 6 nitrogen and oxygen atoms in total. The number of nitrogens with one attached hydrogen (secondary N) is 1. The maximum atomic E-state index is 13.6. The fraction of sp³-hybridized carbons (Fsp3) is 0.281. The van der Waals surface area contributed by atoms with Gasteiger partial charge in [-0.15, -0.1) is 0 Å². The molecule has 3 aromatic carbocycles. The summed E-state index contributed by atoms with van der Waals surface area (Å²) in [6.45, 7) is 6.75. The van der Waals surface area contributed by atoms with E-state index in [9.17, 15) is 35.9 Å². The van der Waals surface area contributed by atoms with Crippen molar-refractivity contribution in [2.24, 2.45) is 0 Å². The van der Waals surface area contributed by atoms with Crippen LogP contribution in [0.25, 0.3) is 5.69 Å². The van der Waals surface area contributed by atoms with Crippen molar-refractivity contribution in [2.75, 3.05) is 11.9 Å². The minimum absolute atomic E-state index is 0.0510. The molecule has 4 rings (SSSR count). The Bertz CT molecular complexity index is 1620. The lowest BCUT2D eigenvalue weighted by Crippen LogP contribution is -2.38. The number of halogens is 6. The molecule has 1 aromatic heterocycles. The molecule has 4 aromatic rings. The number of rotatable bonds is 7. The zero-order chi connectivity index (χ0) is 32.4. The fourth-order valence-corrected chi connectivity index (χ4v) is 4.44. The lowest BCUT2D eigenvalue weighted by atomic mass is 9.92. The Balaban J connectivity index is 1.72. The van der Waals surface area contributed by atoms with Gasteiger partial charge in [-0.2, -0.15) is 31.4 Å². The summed E-state index contributed by atoms with van der Waals surface area (Å²) in [5.41, 5.74) is -1.81. The van der Waals surface area contributed by atoms with E-state index >= 15 is 0 Å². The summed E-state index contributed by atoms with van der Waals surface area (Å²) in [5.74, 6) is -1.63. The third-order valence-corrected chi connectivity index (χ3v) is 6.76. The first-order valence-electron chi connectivity index (χ1n) is 13.5. The third kappa shape index (κ3) is 7.66. The number of hydrogen-bond donors (Lipinski definition) is 1. The first-order chi connectivity index (χ1) is 20.4. The van der Waals surface area contributed by atoms with Crippen LogP contribution in [0.2, 0.25) is 0 Å². The first-order valence-corrected chi connectivity index (χ1v) is 13.5. The van der Waals surface area contributed by atoms with Crippen LogP contribution in [0.3, 0.4) is 0 Å². The Hall–Kier alpha value is -4.61. The van der Waals surface area contributed by atoms with Gasteiger partial charge in [0.05, 0.1) is 22.5 Å². The Kier molecular flexibility index (Phi) is 8.94. The number of anilines is 1. The van der Waals surface area contributed by atoms with Crippen molar-refractivity contribution >= 4 is 17.6 Å². The molecular weight excluding hydrogens is 586 g/mol. The van der Waals surface area contributed by atoms with Crippen LogP contribution in [-0.2, 0) is 29.1 Å². The second kappa shape index (κ2) is 12.2. The quantitative estimate of drug-likeness (QED) is 0.216. The van der Waals surface area contributed by atoms with Crippen LogP contribution in [0.15, 0.2) is 78.9 Å². The lowest BCUT2D eigenvalue weighted by Gasteiger charge is -2.24.